The first-order valence-electron chi connectivity index (χ1n) is 8.53. The molecule has 0 spiro atoms. The first-order chi connectivity index (χ1) is 15.4. The van der Waals surface area contributed by atoms with Gasteiger partial charge in [0.1, 0.15) is 10.3 Å². The van der Waals surface area contributed by atoms with Crippen molar-refractivity contribution in [2.24, 2.45) is 10.3 Å². The predicted molar refractivity (Wildman–Crippen MR) is 113 cm³/mol. The van der Waals surface area contributed by atoms with Gasteiger partial charge in [0.2, 0.25) is 5.84 Å². The second-order valence-electron chi connectivity index (χ2n) is 5.55. The Bertz CT molecular complexity index is 1130. The second-order valence-corrected chi connectivity index (χ2v) is 6.32. The molecule has 0 saturated carbocycles. The quantitative estimate of drug-likeness (QED) is 0.126. The molecule has 0 aliphatic carbocycles. The number of pyridine rings is 2. The second kappa shape index (κ2) is 12.6. The summed E-state index contributed by atoms with van der Waals surface area (Å²) in [7, 11) is 0. The van der Waals surface area contributed by atoms with Gasteiger partial charge in [-0.1, -0.05) is 38.7 Å². The van der Waals surface area contributed by atoms with Gasteiger partial charge in [0.25, 0.3) is 0 Å². The molecular weight excluding hydrogens is 463 g/mol. The molecule has 0 aliphatic rings. The van der Waals surface area contributed by atoms with Crippen LogP contribution in [-0.4, -0.2) is 73.3 Å². The maximum atomic E-state index is 8.96. The van der Waals surface area contributed by atoms with Crippen LogP contribution in [0.3, 0.4) is 0 Å². The number of halogens is 2. The van der Waals surface area contributed by atoms with Gasteiger partial charge < -0.3 is 10.4 Å². The molecule has 0 unspecified atom stereocenters. The topological polar surface area (TPSA) is 189 Å². The van der Waals surface area contributed by atoms with Gasteiger partial charge in [-0.3, -0.25) is 0 Å². The molecule has 0 amide bonds. The lowest BCUT2D eigenvalue weighted by Gasteiger charge is -2.03. The van der Waals surface area contributed by atoms with E-state index in [1.165, 1.54) is 23.3 Å². The molecule has 166 valence electrons. The molecular formula is C16H16Cl2N12O2. The number of hydrogen-bond acceptors (Lipinski definition) is 12. The summed E-state index contributed by atoms with van der Waals surface area (Å²) in [5, 5.41) is 47.4. The van der Waals surface area contributed by atoms with Gasteiger partial charge in [-0.15, -0.1) is 15.3 Å². The van der Waals surface area contributed by atoms with E-state index in [4.69, 9.17) is 33.6 Å². The third kappa shape index (κ3) is 7.66. The van der Waals surface area contributed by atoms with E-state index >= 15 is 0 Å². The Hall–Kier alpha value is -4.04. The summed E-state index contributed by atoms with van der Waals surface area (Å²) < 4.78 is 1.30. The van der Waals surface area contributed by atoms with Crippen molar-refractivity contribution in [2.75, 3.05) is 0 Å². The molecule has 0 aliphatic heterocycles. The molecule has 4 aromatic rings. The van der Waals surface area contributed by atoms with Crippen LogP contribution < -0.4 is 0 Å². The maximum Gasteiger partial charge on any atom is 0.204 e. The zero-order valence-electron chi connectivity index (χ0n) is 16.6. The molecule has 3 N–H and O–H groups in total. The Morgan fingerprint density at radius 1 is 1.03 bits per heavy atom. The standard InChI is InChI=1S/C8H7ClN6O.C6H5ClN2O.C2H4N4/c1-5-11-13-14-15(5)8(12-16)6-2-3-7(9)10-4-6;7-6-2-1-5(3-8-6)4-9-10;1-2-3-5-6-4-2/h2-4,16H,1H3;1-4,10H;1H3,(H,3,4,5,6)/b12-8+;9-4-;. The highest BCUT2D eigenvalue weighted by molar-refractivity contribution is 6.29. The number of nitrogens with zero attached hydrogens (tertiary/aromatic N) is 11. The van der Waals surface area contributed by atoms with E-state index < -0.39 is 0 Å². The number of hydrogen-bond donors (Lipinski definition) is 3. The first kappa shape index (κ1) is 24.2. The molecule has 4 aromatic heterocycles. The fraction of sp³-hybridized carbons (Fsp3) is 0.125. The molecule has 0 radical (unpaired) electrons. The van der Waals surface area contributed by atoms with E-state index in [0.717, 1.165) is 0 Å². The Kier molecular flexibility index (Phi) is 9.55. The summed E-state index contributed by atoms with van der Waals surface area (Å²) in [4.78, 5) is 7.64. The largest absolute Gasteiger partial charge is 0.411 e. The average molecular weight is 479 g/mol. The lowest BCUT2D eigenvalue weighted by molar-refractivity contribution is 0.316. The monoisotopic (exact) mass is 478 g/mol. The van der Waals surface area contributed by atoms with E-state index in [-0.39, 0.29) is 5.84 Å². The van der Waals surface area contributed by atoms with Crippen molar-refractivity contribution in [3.8, 4) is 0 Å². The van der Waals surface area contributed by atoms with Crippen LogP contribution in [0, 0.1) is 13.8 Å². The summed E-state index contributed by atoms with van der Waals surface area (Å²) in [5.74, 6) is 1.37. The van der Waals surface area contributed by atoms with Crippen LogP contribution in [0.25, 0.3) is 0 Å². The highest BCUT2D eigenvalue weighted by atomic mass is 35.5. The van der Waals surface area contributed by atoms with E-state index in [2.05, 4.69) is 56.4 Å². The minimum atomic E-state index is 0.187. The number of aryl methyl sites for hydroxylation is 2. The zero-order valence-corrected chi connectivity index (χ0v) is 18.1. The molecule has 16 heteroatoms. The number of aromatic nitrogens is 10. The summed E-state index contributed by atoms with van der Waals surface area (Å²) >= 11 is 11.1. The van der Waals surface area contributed by atoms with Crippen molar-refractivity contribution >= 4 is 35.3 Å². The van der Waals surface area contributed by atoms with Crippen molar-refractivity contribution in [2.45, 2.75) is 13.8 Å². The highest BCUT2D eigenvalue weighted by Crippen LogP contribution is 2.08. The van der Waals surface area contributed by atoms with Crippen molar-refractivity contribution in [3.05, 3.63) is 69.7 Å². The summed E-state index contributed by atoms with van der Waals surface area (Å²) in [5.41, 5.74) is 1.27. The minimum Gasteiger partial charge on any atom is -0.411 e. The maximum absolute atomic E-state index is 8.96. The lowest BCUT2D eigenvalue weighted by Crippen LogP contribution is -2.17. The van der Waals surface area contributed by atoms with Gasteiger partial charge in [0.05, 0.1) is 6.21 Å². The molecule has 4 heterocycles. The predicted octanol–water partition coefficient (Wildman–Crippen LogP) is 1.77. The molecule has 0 fully saturated rings. The van der Waals surface area contributed by atoms with Gasteiger partial charge in [0, 0.05) is 23.5 Å². The molecule has 0 saturated heterocycles. The van der Waals surface area contributed by atoms with E-state index in [1.807, 2.05) is 0 Å². The minimum absolute atomic E-state index is 0.187. The fourth-order valence-corrected chi connectivity index (χ4v) is 2.12. The Balaban J connectivity index is 0.000000192. The van der Waals surface area contributed by atoms with Crippen LogP contribution in [0.2, 0.25) is 10.3 Å². The lowest BCUT2D eigenvalue weighted by atomic mass is 10.2. The zero-order chi connectivity index (χ0) is 23.3. The number of rotatable bonds is 2. The first-order valence-corrected chi connectivity index (χ1v) is 9.28. The fourth-order valence-electron chi connectivity index (χ4n) is 1.90. The van der Waals surface area contributed by atoms with Crippen LogP contribution in [0.5, 0.6) is 0 Å². The molecule has 14 nitrogen and oxygen atoms in total. The van der Waals surface area contributed by atoms with Crippen molar-refractivity contribution in [1.82, 2.24) is 50.8 Å². The summed E-state index contributed by atoms with van der Waals surface area (Å²) in [6, 6.07) is 6.57. The summed E-state index contributed by atoms with van der Waals surface area (Å²) in [6.07, 6.45) is 4.27. The molecule has 0 bridgehead atoms. The Morgan fingerprint density at radius 3 is 2.16 bits per heavy atom. The van der Waals surface area contributed by atoms with Crippen LogP contribution in [-0.2, 0) is 0 Å². The number of H-pyrrole nitrogens is 1. The van der Waals surface area contributed by atoms with E-state index in [1.54, 1.807) is 38.1 Å². The van der Waals surface area contributed by atoms with Gasteiger partial charge in [-0.2, -0.15) is 9.90 Å². The Labute approximate surface area is 190 Å². The van der Waals surface area contributed by atoms with Crippen molar-refractivity contribution in [1.29, 1.82) is 0 Å². The number of nitrogens with one attached hydrogen (secondary N) is 1. The van der Waals surface area contributed by atoms with Crippen LogP contribution in [0.1, 0.15) is 22.8 Å². The normalized spacial score (nSPS) is 10.8. The van der Waals surface area contributed by atoms with Crippen LogP contribution in [0.15, 0.2) is 47.0 Å². The smallest absolute Gasteiger partial charge is 0.204 e. The highest BCUT2D eigenvalue weighted by Gasteiger charge is 2.12. The van der Waals surface area contributed by atoms with Gasteiger partial charge in [-0.25, -0.2) is 9.97 Å². The molecule has 0 aromatic carbocycles. The van der Waals surface area contributed by atoms with Gasteiger partial charge >= 0.3 is 0 Å². The number of tetrazole rings is 2. The SMILES string of the molecule is Cc1nn[nH]n1.Cc1nnnn1/C(=N/O)c1ccc(Cl)nc1.O/N=C\c1ccc(Cl)nc1. The average Bonchev–Trinajstić information content (AvgIpc) is 3.44. The third-order valence-electron chi connectivity index (χ3n) is 3.31. The third-order valence-corrected chi connectivity index (χ3v) is 3.76. The van der Waals surface area contributed by atoms with Crippen LogP contribution >= 0.6 is 23.2 Å². The Morgan fingerprint density at radius 2 is 1.75 bits per heavy atom. The van der Waals surface area contributed by atoms with Crippen LogP contribution in [0.4, 0.5) is 0 Å². The number of aromatic amines is 1. The van der Waals surface area contributed by atoms with E-state index in [0.29, 0.717) is 33.1 Å². The molecule has 32 heavy (non-hydrogen) atoms. The van der Waals surface area contributed by atoms with E-state index in [9.17, 15) is 0 Å². The van der Waals surface area contributed by atoms with Crippen molar-refractivity contribution in [3.63, 3.8) is 0 Å². The molecule has 4 rings (SSSR count). The van der Waals surface area contributed by atoms with Crippen molar-refractivity contribution < 1.29 is 10.4 Å². The van der Waals surface area contributed by atoms with Gasteiger partial charge in [0.15, 0.2) is 11.6 Å². The molecule has 0 atom stereocenters. The summed E-state index contributed by atoms with van der Waals surface area (Å²) in [6.45, 7) is 3.46. The van der Waals surface area contributed by atoms with Gasteiger partial charge in [-0.05, 0) is 48.5 Å². The number of oxime groups is 2.